The predicted molar refractivity (Wildman–Crippen MR) is 501 cm³/mol. The van der Waals surface area contributed by atoms with Crippen molar-refractivity contribution < 1.29 is 84.4 Å². The number of carboxylic acid groups (broad SMARTS) is 2. The molecule has 8 fully saturated rings. The zero-order valence-electron chi connectivity index (χ0n) is 77.9. The van der Waals surface area contributed by atoms with Crippen LogP contribution in [0.3, 0.4) is 0 Å². The van der Waals surface area contributed by atoms with E-state index < -0.39 is 138 Å². The van der Waals surface area contributed by atoms with Crippen LogP contribution in [-0.2, 0) is 49.2 Å². The number of pyridine rings is 2. The molecule has 6 aliphatic heterocycles. The minimum atomic E-state index is -3.74. The molecule has 131 heavy (non-hydrogen) atoms. The van der Waals surface area contributed by atoms with E-state index >= 15 is 0 Å². The van der Waals surface area contributed by atoms with Gasteiger partial charge in [-0.2, -0.15) is 34.1 Å². The van der Waals surface area contributed by atoms with E-state index in [9.17, 15) is 65.4 Å². The predicted octanol–water partition coefficient (Wildman–Crippen LogP) is 10.8. The number of benzene rings is 2. The summed E-state index contributed by atoms with van der Waals surface area (Å²) in [6, 6.07) is 7.74. The van der Waals surface area contributed by atoms with Crippen LogP contribution < -0.4 is 61.5 Å². The summed E-state index contributed by atoms with van der Waals surface area (Å²) in [6.07, 6.45) is 9.73. The number of methoxy groups -OCH3 is 2. The number of hydrogen-bond donors (Lipinski definition) is 10. The van der Waals surface area contributed by atoms with E-state index in [0.29, 0.717) is 132 Å². The maximum atomic E-state index is 15.0. The number of nitrogens with one attached hydrogen (secondary N) is 8. The summed E-state index contributed by atoms with van der Waals surface area (Å²) in [5.41, 5.74) is -0.453. The molecule has 2 saturated carbocycles. The van der Waals surface area contributed by atoms with Gasteiger partial charge in [0.05, 0.1) is 49.7 Å². The van der Waals surface area contributed by atoms with Crippen LogP contribution >= 0.6 is 22.7 Å². The molecule has 10 heterocycles. The molecule has 2 unspecified atom stereocenters. The number of hydrogen-bond acceptors (Lipinski definition) is 24. The van der Waals surface area contributed by atoms with Crippen molar-refractivity contribution in [3.63, 3.8) is 0 Å². The summed E-state index contributed by atoms with van der Waals surface area (Å²) < 4.78 is 83.4. The fraction of sp³-hybridized carbons (Fsp3) is 0.648. The Kier molecular flexibility index (Phi) is 31.0. The second kappa shape index (κ2) is 41.1. The standard InChI is InChI=1S/C46H67N9O9S2.C45H65N9O9S2/c1-27(2)47-44-50-36(26-65-44)35-22-38(32-17-16-30(63-8)20-34(32)48-35)64-31-21-37-40(56)52-46(42(58)59)23-29(46)14-12-10-9-11-13-15-33(41(57)54(37)24-31)49-43(60)51-39(45(5,6)7)25-53-18-19-55(28(3)4)66(53,61)62;1-27(2)46-43-49-35(26-64-43)34-22-37(31-17-16-29(62-7)20-33(31)47-34)63-30-21-36-39(55)51-45(41(57)58)23-28(45)14-11-9-8-10-12-15-32(40(56)54(36)24-30)48-42(59)50-38(44(3,4)5)25-53-19-13-18-52(6)65(53,60)61/h16-17,20,22,26-29,31,33,37,39H,9-15,18-19,21,23-25H2,1-8H3,(H,47,50)(H,52,56)(H,58,59)(H2,49,51,60);16-17,20,22,26-28,30,32,36,38H,8-15,18-19,21,23-25H2,1-7H3,(H,46,49)(H,51,55)(H,57,58)(H2,48,50,59)/t29?,31-,33+,37+,39-,46-;28?,30-,32+,36+,38-,45-/m11/s1. The molecule has 2 aromatic carbocycles. The van der Waals surface area contributed by atoms with Crippen molar-refractivity contribution in [1.82, 2.24) is 78.9 Å². The number of amides is 8. The third kappa shape index (κ3) is 23.3. The fourth-order valence-electron chi connectivity index (χ4n) is 18.5. The monoisotopic (exact) mass is 1890 g/mol. The first-order valence-corrected chi connectivity index (χ1v) is 50.6. The first-order valence-electron chi connectivity index (χ1n) is 46.1. The highest BCUT2D eigenvalue weighted by Crippen LogP contribution is 2.50. The normalized spacial score (nSPS) is 26.1. The lowest BCUT2D eigenvalue weighted by Gasteiger charge is -2.39. The van der Waals surface area contributed by atoms with Crippen molar-refractivity contribution in [1.29, 1.82) is 0 Å². The second-order valence-electron chi connectivity index (χ2n) is 39.2. The minimum Gasteiger partial charge on any atom is -0.497 e. The fourth-order valence-corrected chi connectivity index (χ4v) is 23.5. The van der Waals surface area contributed by atoms with Gasteiger partial charge in [-0.3, -0.25) is 19.2 Å². The molecular weight excluding hydrogens is 1760 g/mol. The van der Waals surface area contributed by atoms with Crippen LogP contribution in [0.25, 0.3) is 44.6 Å². The number of nitrogens with zero attached hydrogens (tertiary/aromatic N) is 10. The van der Waals surface area contributed by atoms with Crippen LogP contribution in [0.15, 0.2) is 59.3 Å². The molecule has 0 bridgehead atoms. The summed E-state index contributed by atoms with van der Waals surface area (Å²) in [5.74, 6) is -2.74. The lowest BCUT2D eigenvalue weighted by Crippen LogP contribution is -2.60. The maximum absolute atomic E-state index is 15.0. The molecule has 40 heteroatoms. The highest BCUT2D eigenvalue weighted by Gasteiger charge is 2.64. The number of thiazole rings is 2. The van der Waals surface area contributed by atoms with E-state index in [0.717, 1.165) is 61.6 Å². The highest BCUT2D eigenvalue weighted by molar-refractivity contribution is 7.87. The number of aliphatic carboxylic acids is 2. The number of carbonyl (C=O) groups excluding carboxylic acids is 6. The third-order valence-electron chi connectivity index (χ3n) is 26.4. The van der Waals surface area contributed by atoms with Gasteiger partial charge in [0.15, 0.2) is 10.3 Å². The number of urea groups is 2. The summed E-state index contributed by atoms with van der Waals surface area (Å²) in [6.45, 7) is 24.7. The van der Waals surface area contributed by atoms with Crippen LogP contribution in [0.1, 0.15) is 205 Å². The van der Waals surface area contributed by atoms with Gasteiger partial charge in [0.2, 0.25) is 23.6 Å². The molecule has 8 aliphatic rings. The summed E-state index contributed by atoms with van der Waals surface area (Å²) in [4.78, 5) is 135. The number of ether oxygens (including phenoxy) is 4. The molecule has 12 atom stereocenters. The molecule has 718 valence electrons. The Hall–Kier alpha value is -9.58. The van der Waals surface area contributed by atoms with E-state index in [1.807, 2.05) is 106 Å². The molecule has 10 N–H and O–H groups in total. The molecule has 0 spiro atoms. The van der Waals surface area contributed by atoms with Gasteiger partial charge >= 0.3 is 24.0 Å². The molecule has 4 aromatic heterocycles. The van der Waals surface area contributed by atoms with Crippen molar-refractivity contribution in [2.75, 3.05) is 84.3 Å². The maximum Gasteiger partial charge on any atom is 0.329 e. The average molecular weight is 1890 g/mol. The Labute approximate surface area is 776 Å². The number of rotatable bonds is 23. The molecule has 2 aliphatic carbocycles. The third-order valence-corrected chi connectivity index (χ3v) is 32.1. The number of carbonyl (C=O) groups is 8. The number of carboxylic acids is 2. The van der Waals surface area contributed by atoms with Gasteiger partial charge in [-0.1, -0.05) is 106 Å². The molecule has 36 nitrogen and oxygen atoms in total. The van der Waals surface area contributed by atoms with Gasteiger partial charge in [0, 0.05) is 135 Å². The molecule has 8 amide bonds. The Bertz CT molecular complexity index is 5400. The molecule has 6 saturated heterocycles. The zero-order chi connectivity index (χ0) is 94.6. The van der Waals surface area contributed by atoms with Gasteiger partial charge in [-0.05, 0) is 133 Å². The average Bonchev–Trinajstić information content (AvgIpc) is 1.58. The first-order chi connectivity index (χ1) is 62.0. The first kappa shape index (κ1) is 98.9. The number of fused-ring (bicyclic) bond motifs is 6. The Morgan fingerprint density at radius 1 is 0.527 bits per heavy atom. The molecule has 0 radical (unpaired) electrons. The van der Waals surface area contributed by atoms with E-state index in [2.05, 4.69) is 42.5 Å². The SMILES string of the molecule is COc1ccc2c(O[C@@H]3C[C@H]4C(=O)N[C@]5(C(=O)O)CC5CCCCCCC[C@H](NC(=O)N[C@H](CN5CCCN(C)S5(=O)=O)C(C)(C)C)C(=O)N4C3)cc(-c3csc(NC(C)C)n3)nc2c1.COc1ccc2c(O[C@@H]3C[C@H]4C(=O)N[C@]5(C(=O)O)CC5CCCCCCC[C@H](NC(=O)N[C@H](CN5CCN(C(C)C)S5(=O)=O)C(C)(C)C)C(=O)N4C3)cc(-c3csc(NC(C)C)n3)nc2c1. The number of aromatic nitrogens is 4. The van der Waals surface area contributed by atoms with Gasteiger partial charge in [0.1, 0.15) is 81.8 Å². The molecule has 14 rings (SSSR count). The lowest BCUT2D eigenvalue weighted by atomic mass is 9.86. The van der Waals surface area contributed by atoms with E-state index in [4.69, 9.17) is 38.9 Å². The van der Waals surface area contributed by atoms with E-state index in [1.165, 1.54) is 56.7 Å². The van der Waals surface area contributed by atoms with Gasteiger partial charge in [0.25, 0.3) is 20.4 Å². The quantitative estimate of drug-likeness (QED) is 0.0285. The van der Waals surface area contributed by atoms with Gasteiger partial charge in [-0.25, -0.2) is 39.1 Å². The van der Waals surface area contributed by atoms with Crippen LogP contribution in [0.2, 0.25) is 0 Å². The van der Waals surface area contributed by atoms with E-state index in [1.54, 1.807) is 50.6 Å². The van der Waals surface area contributed by atoms with Crippen LogP contribution in [0, 0.1) is 22.7 Å². The van der Waals surface area contributed by atoms with Crippen molar-refractivity contribution in [3.8, 4) is 45.8 Å². The smallest absolute Gasteiger partial charge is 0.329 e. The van der Waals surface area contributed by atoms with Crippen molar-refractivity contribution in [2.45, 2.75) is 283 Å². The Balaban J connectivity index is 0.000000223. The number of anilines is 2. The highest BCUT2D eigenvalue weighted by atomic mass is 32.2. The van der Waals surface area contributed by atoms with Crippen molar-refractivity contribution in [2.24, 2.45) is 22.7 Å². The summed E-state index contributed by atoms with van der Waals surface area (Å²) in [7, 11) is -2.77. The Morgan fingerprint density at radius 2 is 0.931 bits per heavy atom. The van der Waals surface area contributed by atoms with Crippen molar-refractivity contribution >= 4 is 123 Å². The van der Waals surface area contributed by atoms with Crippen molar-refractivity contribution in [3.05, 3.63) is 59.3 Å². The minimum absolute atomic E-state index is 0.0281. The molecule has 6 aromatic rings. The Morgan fingerprint density at radius 3 is 1.31 bits per heavy atom. The lowest BCUT2D eigenvalue weighted by molar-refractivity contribution is -0.146. The zero-order valence-corrected chi connectivity index (χ0v) is 81.2. The van der Waals surface area contributed by atoms with Crippen LogP contribution in [0.5, 0.6) is 23.0 Å². The largest absolute Gasteiger partial charge is 0.497 e. The van der Waals surface area contributed by atoms with Crippen LogP contribution in [0.4, 0.5) is 19.9 Å². The molecular formula is C91H132N18O18S4. The second-order valence-corrected chi connectivity index (χ2v) is 44.9. The van der Waals surface area contributed by atoms with Gasteiger partial charge < -0.3 is 81.5 Å². The summed E-state index contributed by atoms with van der Waals surface area (Å²) >= 11 is 2.91. The topological polar surface area (TPSA) is 449 Å². The van der Waals surface area contributed by atoms with Crippen LogP contribution in [-0.4, -0.2) is 273 Å². The summed E-state index contributed by atoms with van der Waals surface area (Å²) in [5, 5.41) is 51.7. The van der Waals surface area contributed by atoms with Gasteiger partial charge in [-0.15, -0.1) is 22.7 Å². The van der Waals surface area contributed by atoms with E-state index in [-0.39, 0.29) is 88.4 Å².